The summed E-state index contributed by atoms with van der Waals surface area (Å²) in [6.45, 7) is 5.51. The zero-order valence-electron chi connectivity index (χ0n) is 11.3. The molecule has 0 fully saturated rings. The van der Waals surface area contributed by atoms with E-state index in [1.54, 1.807) is 30.3 Å². The predicted molar refractivity (Wildman–Crippen MR) is 81.6 cm³/mol. The molecule has 1 N–H and O–H groups in total. The molecule has 102 valence electrons. The number of hydrogen-bond donors (Lipinski definition) is 1. The fourth-order valence-corrected chi connectivity index (χ4v) is 2.13. The fourth-order valence-electron chi connectivity index (χ4n) is 1.42. The zero-order valence-corrected chi connectivity index (χ0v) is 14.1. The second-order valence-electron chi connectivity index (χ2n) is 3.65. The van der Waals surface area contributed by atoms with Crippen LogP contribution in [0.25, 0.3) is 10.8 Å². The Morgan fingerprint density at radius 1 is 1.10 bits per heavy atom. The molecule has 4 nitrogen and oxygen atoms in total. The first kappa shape index (κ1) is 19.0. The van der Waals surface area contributed by atoms with Crippen LogP contribution in [0.15, 0.2) is 60.0 Å². The summed E-state index contributed by atoms with van der Waals surface area (Å²) < 4.78 is 32.2. The molecule has 0 spiro atoms. The minimum Gasteiger partial charge on any atom is -0.307 e. The molecule has 0 aliphatic carbocycles. The Bertz CT molecular complexity index is 648. The molecule has 0 aromatic heterocycles. The molecule has 0 bridgehead atoms. The van der Waals surface area contributed by atoms with E-state index in [1.807, 2.05) is 18.9 Å². The van der Waals surface area contributed by atoms with Crippen LogP contribution in [0.4, 0.5) is 0 Å². The van der Waals surface area contributed by atoms with E-state index in [0.717, 1.165) is 5.39 Å². The molecular weight excluding hydrogens is 287 g/mol. The Balaban J connectivity index is 0.000000521. The number of rotatable bonds is 2. The van der Waals surface area contributed by atoms with Gasteiger partial charge in [0.1, 0.15) is 11.7 Å². The Labute approximate surface area is 136 Å². The van der Waals surface area contributed by atoms with Gasteiger partial charge < -0.3 is 4.79 Å². The van der Waals surface area contributed by atoms with Gasteiger partial charge in [-0.15, -0.1) is 0 Å². The first-order valence-electron chi connectivity index (χ1n) is 5.85. The van der Waals surface area contributed by atoms with Crippen molar-refractivity contribution in [1.29, 1.82) is 0 Å². The van der Waals surface area contributed by atoms with Gasteiger partial charge in [0, 0.05) is 5.39 Å². The van der Waals surface area contributed by atoms with Gasteiger partial charge in [0.25, 0.3) is 10.1 Å². The third-order valence-corrected chi connectivity index (χ3v) is 3.81. The molecule has 0 radical (unpaired) electrons. The number of allylic oxidation sites excluding steroid dienone is 1. The molecule has 0 heterocycles. The number of carbonyl (C=O) groups excluding carboxylic acids is 1. The molecule has 20 heavy (non-hydrogen) atoms. The monoisotopic (exact) mass is 302 g/mol. The average molecular weight is 302 g/mol. The van der Waals surface area contributed by atoms with Crippen molar-refractivity contribution in [2.24, 2.45) is 0 Å². The average Bonchev–Trinajstić information content (AvgIpc) is 2.48. The van der Waals surface area contributed by atoms with Crippen LogP contribution in [0.3, 0.4) is 0 Å². The minimum absolute atomic E-state index is 0.0457. The molecule has 2 aromatic carbocycles. The van der Waals surface area contributed by atoms with E-state index in [9.17, 15) is 8.42 Å². The van der Waals surface area contributed by atoms with Gasteiger partial charge in [-0.05, 0) is 11.5 Å². The van der Waals surface area contributed by atoms with E-state index >= 15 is 0 Å². The SMILES string of the molecule is C=C[CH2][Na].C=O.O=S(=O)(O)c1cccc2ccccc12. The van der Waals surface area contributed by atoms with Crippen LogP contribution in [0.5, 0.6) is 0 Å². The van der Waals surface area contributed by atoms with Crippen molar-refractivity contribution < 1.29 is 17.8 Å². The number of hydrogen-bond acceptors (Lipinski definition) is 3. The third-order valence-electron chi connectivity index (χ3n) is 2.32. The van der Waals surface area contributed by atoms with Crippen molar-refractivity contribution in [3.8, 4) is 0 Å². The second-order valence-corrected chi connectivity index (χ2v) is 5.86. The fraction of sp³-hybridized carbons (Fsp3) is 0.0714. The van der Waals surface area contributed by atoms with Gasteiger partial charge in [0.05, 0.1) is 0 Å². The summed E-state index contributed by atoms with van der Waals surface area (Å²) in [7, 11) is -4.13. The van der Waals surface area contributed by atoms with Gasteiger partial charge in [-0.2, -0.15) is 8.42 Å². The number of benzene rings is 2. The summed E-state index contributed by atoms with van der Waals surface area (Å²) >= 11 is 1.27. The van der Waals surface area contributed by atoms with Crippen molar-refractivity contribution in [3.05, 3.63) is 55.1 Å². The smallest absolute Gasteiger partial charge is 0.295 e. The minimum atomic E-state index is -4.13. The maximum Gasteiger partial charge on any atom is 0.295 e. The first-order valence-corrected chi connectivity index (χ1v) is 8.71. The maximum atomic E-state index is 11.0. The van der Waals surface area contributed by atoms with Gasteiger partial charge in [0.15, 0.2) is 0 Å². The first-order chi connectivity index (χ1) is 9.50. The Morgan fingerprint density at radius 3 is 2.10 bits per heavy atom. The van der Waals surface area contributed by atoms with E-state index < -0.39 is 10.1 Å². The molecule has 0 atom stereocenters. The number of carbonyl (C=O) groups is 1. The van der Waals surface area contributed by atoms with Crippen molar-refractivity contribution >= 4 is 55.6 Å². The van der Waals surface area contributed by atoms with Crippen LogP contribution in [0.1, 0.15) is 0 Å². The molecule has 0 aliphatic rings. The summed E-state index contributed by atoms with van der Waals surface area (Å²) in [4.78, 5) is 7.95. The van der Waals surface area contributed by atoms with Crippen LogP contribution in [-0.2, 0) is 14.9 Å². The van der Waals surface area contributed by atoms with Gasteiger partial charge >= 0.3 is 44.3 Å². The van der Waals surface area contributed by atoms with Crippen molar-refractivity contribution in [2.45, 2.75) is 8.57 Å². The van der Waals surface area contributed by atoms with E-state index in [-0.39, 0.29) is 4.90 Å². The topological polar surface area (TPSA) is 71.4 Å². The quantitative estimate of drug-likeness (QED) is 0.526. The molecule has 0 saturated carbocycles. The third kappa shape index (κ3) is 5.98. The summed E-state index contributed by atoms with van der Waals surface area (Å²) in [5.74, 6) is 0. The Hall–Kier alpha value is -0.980. The van der Waals surface area contributed by atoms with Gasteiger partial charge in [-0.3, -0.25) is 4.55 Å². The summed E-state index contributed by atoms with van der Waals surface area (Å²) in [6.07, 6.45) is 1.94. The predicted octanol–water partition coefficient (Wildman–Crippen LogP) is 2.66. The molecule has 0 aliphatic heterocycles. The number of fused-ring (bicyclic) bond motifs is 1. The van der Waals surface area contributed by atoms with Gasteiger partial charge in [-0.25, -0.2) is 0 Å². The van der Waals surface area contributed by atoms with E-state index in [2.05, 4.69) is 6.58 Å². The summed E-state index contributed by atoms with van der Waals surface area (Å²) in [5, 5.41) is 1.33. The van der Waals surface area contributed by atoms with E-state index in [4.69, 9.17) is 9.35 Å². The molecule has 0 amide bonds. The van der Waals surface area contributed by atoms with Gasteiger partial charge in [-0.1, -0.05) is 36.4 Å². The van der Waals surface area contributed by atoms with Crippen molar-refractivity contribution in [3.63, 3.8) is 0 Å². The van der Waals surface area contributed by atoms with Gasteiger partial charge in [0.2, 0.25) is 0 Å². The molecule has 6 heteroatoms. The van der Waals surface area contributed by atoms with Crippen LogP contribution < -0.4 is 0 Å². The second kappa shape index (κ2) is 9.85. The van der Waals surface area contributed by atoms with Crippen LogP contribution in [-0.4, -0.2) is 47.7 Å². The van der Waals surface area contributed by atoms with E-state index in [1.165, 1.54) is 37.7 Å². The maximum absolute atomic E-state index is 11.0. The van der Waals surface area contributed by atoms with Crippen molar-refractivity contribution in [1.82, 2.24) is 0 Å². The standard InChI is InChI=1S/C10H8O3S.C3H5.CH2O.Na/c11-14(12,13)10-7-3-5-8-4-1-2-6-9(8)10;1-3-2;1-2;/h1-7H,(H,11,12,13);3H,1-2H2;1H2;. The van der Waals surface area contributed by atoms with Crippen LogP contribution in [0, 0.1) is 0 Å². The van der Waals surface area contributed by atoms with Crippen molar-refractivity contribution in [2.75, 3.05) is 0 Å². The summed E-state index contributed by atoms with van der Waals surface area (Å²) in [5.41, 5.74) is 0. The zero-order chi connectivity index (χ0) is 15.6. The van der Waals surface area contributed by atoms with Crippen LogP contribution >= 0.6 is 0 Å². The Kier molecular flexibility index (Phi) is 9.37. The molecule has 0 saturated heterocycles. The molecular formula is C14H15NaO4S. The molecule has 2 rings (SSSR count). The molecule has 2 aromatic rings. The Morgan fingerprint density at radius 2 is 1.60 bits per heavy atom. The normalized spacial score (nSPS) is 9.75. The largest absolute Gasteiger partial charge is 0.307 e. The summed E-state index contributed by atoms with van der Waals surface area (Å²) in [6, 6.07) is 11.8. The molecule has 0 unspecified atom stereocenters. The van der Waals surface area contributed by atoms with Crippen LogP contribution in [0.2, 0.25) is 3.67 Å². The van der Waals surface area contributed by atoms with E-state index in [0.29, 0.717) is 5.39 Å².